The number of carbonyl (C=O) groups is 1. The second kappa shape index (κ2) is 6.65. The molecule has 0 atom stereocenters. The summed E-state index contributed by atoms with van der Waals surface area (Å²) in [6.45, 7) is 0.150. The highest BCUT2D eigenvalue weighted by molar-refractivity contribution is 5.89. The Morgan fingerprint density at radius 2 is 1.65 bits per heavy atom. The maximum atomic E-state index is 10.5. The molecule has 4 heteroatoms. The van der Waals surface area contributed by atoms with E-state index in [9.17, 15) is 4.79 Å². The topological polar surface area (TPSA) is 66.8 Å². The van der Waals surface area contributed by atoms with E-state index in [2.05, 4.69) is 4.89 Å². The van der Waals surface area contributed by atoms with E-state index in [0.717, 1.165) is 28.0 Å². The van der Waals surface area contributed by atoms with Crippen molar-refractivity contribution in [2.45, 2.75) is 0 Å². The fourth-order valence-corrected chi connectivity index (χ4v) is 1.88. The third kappa shape index (κ3) is 3.78. The first-order valence-electron chi connectivity index (χ1n) is 6.07. The Hall–Kier alpha value is -2.43. The SMILES string of the molecule is O=C(O)C=Cc1ccc2cc(C=CCOO)ccc2c1. The minimum Gasteiger partial charge on any atom is -0.478 e. The van der Waals surface area contributed by atoms with Crippen molar-refractivity contribution >= 4 is 28.9 Å². The van der Waals surface area contributed by atoms with E-state index < -0.39 is 5.97 Å². The van der Waals surface area contributed by atoms with Crippen molar-refractivity contribution in [2.75, 3.05) is 6.61 Å². The molecule has 0 aliphatic carbocycles. The fraction of sp³-hybridized carbons (Fsp3) is 0.0625. The number of carboxylic acids is 1. The van der Waals surface area contributed by atoms with Crippen molar-refractivity contribution in [2.24, 2.45) is 0 Å². The van der Waals surface area contributed by atoms with Crippen LogP contribution in [0.4, 0.5) is 0 Å². The summed E-state index contributed by atoms with van der Waals surface area (Å²) >= 11 is 0. The lowest BCUT2D eigenvalue weighted by molar-refractivity contribution is -0.231. The lowest BCUT2D eigenvalue weighted by atomic mass is 10.0. The van der Waals surface area contributed by atoms with Gasteiger partial charge in [0.05, 0.1) is 0 Å². The molecule has 0 bridgehead atoms. The molecule has 0 aromatic heterocycles. The van der Waals surface area contributed by atoms with Crippen LogP contribution in [0.2, 0.25) is 0 Å². The predicted octanol–water partition coefficient (Wildman–Crippen LogP) is 3.44. The van der Waals surface area contributed by atoms with E-state index in [0.29, 0.717) is 0 Å². The summed E-state index contributed by atoms with van der Waals surface area (Å²) in [6, 6.07) is 11.7. The van der Waals surface area contributed by atoms with Crippen LogP contribution >= 0.6 is 0 Å². The van der Waals surface area contributed by atoms with E-state index in [1.807, 2.05) is 42.5 Å². The van der Waals surface area contributed by atoms with Gasteiger partial charge in [0, 0.05) is 6.08 Å². The third-order valence-corrected chi connectivity index (χ3v) is 2.79. The van der Waals surface area contributed by atoms with Crippen molar-refractivity contribution in [1.82, 2.24) is 0 Å². The minimum absolute atomic E-state index is 0.150. The van der Waals surface area contributed by atoms with Crippen LogP contribution in [0, 0.1) is 0 Å². The van der Waals surface area contributed by atoms with Gasteiger partial charge in [0.2, 0.25) is 0 Å². The summed E-state index contributed by atoms with van der Waals surface area (Å²) in [4.78, 5) is 14.5. The van der Waals surface area contributed by atoms with Crippen LogP contribution in [0.1, 0.15) is 11.1 Å². The van der Waals surface area contributed by atoms with Crippen LogP contribution in [0.3, 0.4) is 0 Å². The van der Waals surface area contributed by atoms with E-state index in [1.165, 1.54) is 0 Å². The quantitative estimate of drug-likeness (QED) is 0.496. The second-order valence-corrected chi connectivity index (χ2v) is 4.24. The van der Waals surface area contributed by atoms with Gasteiger partial charge < -0.3 is 5.11 Å². The molecule has 0 unspecified atom stereocenters. The highest BCUT2D eigenvalue weighted by atomic mass is 17.1. The number of hydrogen-bond acceptors (Lipinski definition) is 3. The summed E-state index contributed by atoms with van der Waals surface area (Å²) in [5.41, 5.74) is 1.85. The van der Waals surface area contributed by atoms with Gasteiger partial charge in [-0.25, -0.2) is 9.68 Å². The molecule has 2 rings (SSSR count). The molecule has 20 heavy (non-hydrogen) atoms. The Balaban J connectivity index is 2.27. The Kier molecular flexibility index (Phi) is 4.65. The van der Waals surface area contributed by atoms with Crippen molar-refractivity contribution in [3.63, 3.8) is 0 Å². The molecular formula is C16H14O4. The van der Waals surface area contributed by atoms with Gasteiger partial charge in [-0.15, -0.1) is 0 Å². The summed E-state index contributed by atoms with van der Waals surface area (Å²) in [7, 11) is 0. The van der Waals surface area contributed by atoms with Gasteiger partial charge in [-0.3, -0.25) is 5.26 Å². The van der Waals surface area contributed by atoms with Crippen molar-refractivity contribution < 1.29 is 20.0 Å². The summed E-state index contributed by atoms with van der Waals surface area (Å²) in [6.07, 6.45) is 6.25. The van der Waals surface area contributed by atoms with Crippen LogP contribution < -0.4 is 0 Å². The van der Waals surface area contributed by atoms with Gasteiger partial charge in [-0.05, 0) is 40.1 Å². The monoisotopic (exact) mass is 270 g/mol. The molecule has 0 fully saturated rings. The number of rotatable bonds is 5. The van der Waals surface area contributed by atoms with Crippen LogP contribution in [0.15, 0.2) is 48.6 Å². The normalized spacial score (nSPS) is 11.7. The largest absolute Gasteiger partial charge is 0.478 e. The van der Waals surface area contributed by atoms with Crippen LogP contribution in [-0.4, -0.2) is 22.9 Å². The maximum absolute atomic E-state index is 10.5. The lowest BCUT2D eigenvalue weighted by Gasteiger charge is -2.01. The molecule has 0 saturated carbocycles. The minimum atomic E-state index is -0.961. The molecule has 0 saturated heterocycles. The molecule has 0 amide bonds. The van der Waals surface area contributed by atoms with E-state index >= 15 is 0 Å². The number of hydrogen-bond donors (Lipinski definition) is 2. The first-order chi connectivity index (χ1) is 9.69. The molecule has 0 radical (unpaired) electrons. The predicted molar refractivity (Wildman–Crippen MR) is 78.2 cm³/mol. The summed E-state index contributed by atoms with van der Waals surface area (Å²) in [5.74, 6) is -0.961. The van der Waals surface area contributed by atoms with Crippen molar-refractivity contribution in [1.29, 1.82) is 0 Å². The number of carboxylic acid groups (broad SMARTS) is 1. The highest BCUT2D eigenvalue weighted by Crippen LogP contribution is 2.19. The molecule has 2 N–H and O–H groups in total. The van der Waals surface area contributed by atoms with E-state index in [-0.39, 0.29) is 6.61 Å². The Morgan fingerprint density at radius 3 is 2.20 bits per heavy atom. The average Bonchev–Trinajstić information content (AvgIpc) is 2.45. The molecule has 0 spiro atoms. The van der Waals surface area contributed by atoms with Gasteiger partial charge in [0.15, 0.2) is 0 Å². The third-order valence-electron chi connectivity index (χ3n) is 2.79. The molecule has 102 valence electrons. The Bertz CT molecular complexity index is 671. The molecular weight excluding hydrogens is 256 g/mol. The Morgan fingerprint density at radius 1 is 1.05 bits per heavy atom. The smallest absolute Gasteiger partial charge is 0.328 e. The first-order valence-corrected chi connectivity index (χ1v) is 6.07. The fourth-order valence-electron chi connectivity index (χ4n) is 1.88. The molecule has 4 nitrogen and oxygen atoms in total. The molecule has 0 aliphatic heterocycles. The van der Waals surface area contributed by atoms with Crippen molar-refractivity contribution in [3.05, 3.63) is 59.7 Å². The van der Waals surface area contributed by atoms with Crippen LogP contribution in [0.5, 0.6) is 0 Å². The van der Waals surface area contributed by atoms with E-state index in [4.69, 9.17) is 10.4 Å². The van der Waals surface area contributed by atoms with Gasteiger partial charge in [-0.2, -0.15) is 0 Å². The van der Waals surface area contributed by atoms with Gasteiger partial charge >= 0.3 is 5.97 Å². The zero-order chi connectivity index (χ0) is 14.4. The molecule has 0 aliphatic rings. The average molecular weight is 270 g/mol. The molecule has 2 aromatic rings. The number of fused-ring (bicyclic) bond motifs is 1. The molecule has 0 heterocycles. The lowest BCUT2D eigenvalue weighted by Crippen LogP contribution is -1.86. The number of benzene rings is 2. The van der Waals surface area contributed by atoms with Crippen LogP contribution in [-0.2, 0) is 9.68 Å². The summed E-state index contributed by atoms with van der Waals surface area (Å²) in [5, 5.41) is 18.9. The van der Waals surface area contributed by atoms with Gasteiger partial charge in [0.1, 0.15) is 6.61 Å². The maximum Gasteiger partial charge on any atom is 0.328 e. The first kappa shape index (κ1) is 14.0. The second-order valence-electron chi connectivity index (χ2n) is 4.24. The van der Waals surface area contributed by atoms with Crippen LogP contribution in [0.25, 0.3) is 22.9 Å². The molecule has 2 aromatic carbocycles. The zero-order valence-electron chi connectivity index (χ0n) is 10.7. The Labute approximate surface area is 116 Å². The number of aliphatic carboxylic acids is 1. The van der Waals surface area contributed by atoms with Crippen molar-refractivity contribution in [3.8, 4) is 0 Å². The van der Waals surface area contributed by atoms with Gasteiger partial charge in [-0.1, -0.05) is 36.4 Å². The highest BCUT2D eigenvalue weighted by Gasteiger charge is 1.96. The van der Waals surface area contributed by atoms with E-state index in [1.54, 1.807) is 12.2 Å². The van der Waals surface area contributed by atoms with Gasteiger partial charge in [0.25, 0.3) is 0 Å². The summed E-state index contributed by atoms with van der Waals surface area (Å²) < 4.78 is 0. The zero-order valence-corrected chi connectivity index (χ0v) is 10.7. The standard InChI is InChI=1S/C16H14O4/c17-16(18)8-5-13-4-7-14-10-12(2-1-9-20-19)3-6-15(14)11-13/h1-8,10-11,19H,9H2,(H,17,18).